The van der Waals surface area contributed by atoms with Gasteiger partial charge in [-0.3, -0.25) is 9.59 Å². The number of aromatic nitrogens is 2. The fourth-order valence-electron chi connectivity index (χ4n) is 3.64. The minimum Gasteiger partial charge on any atom is -0.327 e. The lowest BCUT2D eigenvalue weighted by atomic mass is 10.1. The molecule has 0 saturated heterocycles. The monoisotopic (exact) mass is 464 g/mol. The molecule has 0 spiro atoms. The fourth-order valence-corrected chi connectivity index (χ4v) is 4.47. The summed E-state index contributed by atoms with van der Waals surface area (Å²) in [4.78, 5) is 36.9. The number of aryl methyl sites for hydroxylation is 1. The summed E-state index contributed by atoms with van der Waals surface area (Å²) in [5.41, 5.74) is 3.18. The lowest BCUT2D eigenvalue weighted by molar-refractivity contribution is -0.118. The summed E-state index contributed by atoms with van der Waals surface area (Å²) in [6.07, 6.45) is 3.33. The van der Waals surface area contributed by atoms with Crippen LogP contribution in [-0.4, -0.2) is 26.7 Å². The van der Waals surface area contributed by atoms with Gasteiger partial charge in [0.15, 0.2) is 0 Å². The summed E-state index contributed by atoms with van der Waals surface area (Å²) in [7, 11) is 0. The van der Waals surface area contributed by atoms with Crippen LogP contribution in [0.25, 0.3) is 0 Å². The molecule has 0 bridgehead atoms. The van der Waals surface area contributed by atoms with Gasteiger partial charge in [0.05, 0.1) is 12.6 Å². The molecule has 1 aliphatic rings. The largest absolute Gasteiger partial charge is 0.327 e. The number of hydrogen-bond donors (Lipinski definition) is 1. The first-order valence-corrected chi connectivity index (χ1v) is 11.6. The van der Waals surface area contributed by atoms with E-state index < -0.39 is 0 Å². The lowest BCUT2D eigenvalue weighted by Gasteiger charge is -2.25. The number of fused-ring (bicyclic) bond motifs is 1. The van der Waals surface area contributed by atoms with Gasteiger partial charge in [-0.15, -0.1) is 0 Å². The van der Waals surface area contributed by atoms with Crippen molar-refractivity contribution in [2.45, 2.75) is 50.2 Å². The number of halogens is 1. The van der Waals surface area contributed by atoms with E-state index in [0.717, 1.165) is 26.6 Å². The van der Waals surface area contributed by atoms with Crippen molar-refractivity contribution < 1.29 is 14.0 Å². The zero-order valence-electron chi connectivity index (χ0n) is 18.9. The average Bonchev–Trinajstić information content (AvgIpc) is 3.13. The van der Waals surface area contributed by atoms with Crippen LogP contribution in [0.3, 0.4) is 0 Å². The van der Waals surface area contributed by atoms with Crippen molar-refractivity contribution in [2.24, 2.45) is 5.92 Å². The van der Waals surface area contributed by atoms with Crippen molar-refractivity contribution in [3.05, 3.63) is 76.9 Å². The predicted molar refractivity (Wildman–Crippen MR) is 125 cm³/mol. The summed E-state index contributed by atoms with van der Waals surface area (Å²) in [6, 6.07) is 9.81. The first-order chi connectivity index (χ1) is 15.7. The van der Waals surface area contributed by atoms with Crippen LogP contribution >= 0.6 is 11.8 Å². The topological polar surface area (TPSA) is 75.2 Å². The number of anilines is 1. The Morgan fingerprint density at radius 2 is 1.88 bits per heavy atom. The van der Waals surface area contributed by atoms with Gasteiger partial charge in [-0.25, -0.2) is 14.4 Å². The van der Waals surface area contributed by atoms with Crippen LogP contribution in [-0.2, 0) is 11.3 Å². The summed E-state index contributed by atoms with van der Waals surface area (Å²) in [5, 5.41) is 3.67. The molecule has 1 aromatic carbocycles. The van der Waals surface area contributed by atoms with Gasteiger partial charge in [0.25, 0.3) is 5.91 Å². The Bertz CT molecular complexity index is 1210. The van der Waals surface area contributed by atoms with E-state index in [4.69, 9.17) is 0 Å². The average molecular weight is 465 g/mol. The van der Waals surface area contributed by atoms with Gasteiger partial charge in [0.2, 0.25) is 5.91 Å². The second kappa shape index (κ2) is 9.31. The number of nitrogens with one attached hydrogen (secondary N) is 1. The maximum Gasteiger partial charge on any atom is 0.255 e. The number of benzene rings is 1. The van der Waals surface area contributed by atoms with Crippen molar-refractivity contribution in [1.82, 2.24) is 14.9 Å². The molecule has 170 valence electrons. The smallest absolute Gasteiger partial charge is 0.255 e. The Morgan fingerprint density at radius 3 is 2.55 bits per heavy atom. The number of rotatable bonds is 6. The van der Waals surface area contributed by atoms with E-state index in [0.29, 0.717) is 17.9 Å². The number of hydrogen-bond acceptors (Lipinski definition) is 5. The van der Waals surface area contributed by atoms with Gasteiger partial charge in [0.1, 0.15) is 16.7 Å². The zero-order valence-corrected chi connectivity index (χ0v) is 19.7. The molecule has 1 unspecified atom stereocenters. The molecule has 3 heterocycles. The van der Waals surface area contributed by atoms with Crippen molar-refractivity contribution in [3.8, 4) is 0 Å². The molecule has 1 atom stereocenters. The van der Waals surface area contributed by atoms with E-state index >= 15 is 0 Å². The molecule has 33 heavy (non-hydrogen) atoms. The van der Waals surface area contributed by atoms with Gasteiger partial charge in [-0.2, -0.15) is 0 Å². The molecule has 2 amide bonds. The third kappa shape index (κ3) is 4.75. The molecule has 2 aromatic heterocycles. The summed E-state index contributed by atoms with van der Waals surface area (Å²) in [5.74, 6) is -0.248. The van der Waals surface area contributed by atoms with Gasteiger partial charge < -0.3 is 10.2 Å². The molecule has 0 saturated carbocycles. The maximum atomic E-state index is 13.2. The van der Waals surface area contributed by atoms with Gasteiger partial charge >= 0.3 is 0 Å². The van der Waals surface area contributed by atoms with Crippen LogP contribution < -0.4 is 5.32 Å². The third-order valence-electron chi connectivity index (χ3n) is 5.67. The Morgan fingerprint density at radius 1 is 1.15 bits per heavy atom. The third-order valence-corrected chi connectivity index (χ3v) is 6.80. The molecule has 1 N–H and O–H groups in total. The van der Waals surface area contributed by atoms with E-state index in [1.807, 2.05) is 33.8 Å². The van der Waals surface area contributed by atoms with Crippen LogP contribution in [0, 0.1) is 18.7 Å². The summed E-state index contributed by atoms with van der Waals surface area (Å²) >= 11 is 1.47. The maximum absolute atomic E-state index is 13.2. The van der Waals surface area contributed by atoms with E-state index in [1.54, 1.807) is 35.5 Å². The van der Waals surface area contributed by atoms with E-state index in [-0.39, 0.29) is 29.6 Å². The number of nitrogens with zero attached hydrogens (tertiary/aromatic N) is 3. The molecule has 3 aromatic rings. The summed E-state index contributed by atoms with van der Waals surface area (Å²) < 4.78 is 13.2. The second-order valence-corrected chi connectivity index (χ2v) is 9.45. The molecular weight excluding hydrogens is 439 g/mol. The van der Waals surface area contributed by atoms with Crippen LogP contribution in [0.4, 0.5) is 10.2 Å². The minimum absolute atomic E-state index is 0.0950. The van der Waals surface area contributed by atoms with E-state index in [2.05, 4.69) is 15.3 Å². The van der Waals surface area contributed by atoms with E-state index in [1.165, 1.54) is 23.9 Å². The molecule has 0 aliphatic carbocycles. The number of amides is 2. The molecule has 8 heteroatoms. The Kier molecular flexibility index (Phi) is 6.47. The highest BCUT2D eigenvalue weighted by atomic mass is 32.2. The molecule has 1 aliphatic heterocycles. The highest BCUT2D eigenvalue weighted by molar-refractivity contribution is 7.99. The molecule has 0 radical (unpaired) electrons. The summed E-state index contributed by atoms with van der Waals surface area (Å²) in [6.45, 7) is 7.92. The highest BCUT2D eigenvalue weighted by Crippen LogP contribution is 2.35. The second-order valence-electron chi connectivity index (χ2n) is 8.39. The Labute approximate surface area is 196 Å². The van der Waals surface area contributed by atoms with Crippen molar-refractivity contribution >= 4 is 29.4 Å². The standard InChI is InChI=1S/C25H25FN4O2S/c1-14(2)23(31)29-22-21-13-30(25(32)20(21)9-10-27-22)16(4)17-11-15(3)24(28-12-17)33-19-7-5-18(26)6-8-19/h5-12,14,16H,13H2,1-4H3,(H,27,29,31). The van der Waals surface area contributed by atoms with Crippen LogP contribution in [0.2, 0.25) is 0 Å². The van der Waals surface area contributed by atoms with Crippen molar-refractivity contribution in [1.29, 1.82) is 0 Å². The van der Waals surface area contributed by atoms with Gasteiger partial charge in [-0.1, -0.05) is 25.6 Å². The van der Waals surface area contributed by atoms with Crippen LogP contribution in [0.5, 0.6) is 0 Å². The number of pyridine rings is 2. The zero-order chi connectivity index (χ0) is 23.7. The number of carbonyl (C=O) groups is 2. The molecule has 4 rings (SSSR count). The SMILES string of the molecule is Cc1cc(C(C)N2Cc3c(ccnc3NC(=O)C(C)C)C2=O)cnc1Sc1ccc(F)cc1. The molecule has 6 nitrogen and oxygen atoms in total. The Balaban J connectivity index is 1.53. The lowest BCUT2D eigenvalue weighted by Crippen LogP contribution is -2.27. The molecular formula is C25H25FN4O2S. The van der Waals surface area contributed by atoms with E-state index in [9.17, 15) is 14.0 Å². The Hall–Kier alpha value is -3.26. The molecule has 0 fully saturated rings. The fraction of sp³-hybridized carbons (Fsp3) is 0.280. The quantitative estimate of drug-likeness (QED) is 0.530. The van der Waals surface area contributed by atoms with Crippen LogP contribution in [0.15, 0.2) is 58.7 Å². The van der Waals surface area contributed by atoms with Crippen LogP contribution in [0.1, 0.15) is 53.9 Å². The first-order valence-electron chi connectivity index (χ1n) is 10.7. The normalized spacial score (nSPS) is 13.9. The first kappa shape index (κ1) is 22.9. The van der Waals surface area contributed by atoms with Crippen molar-refractivity contribution in [3.63, 3.8) is 0 Å². The number of carbonyl (C=O) groups excluding carboxylic acids is 2. The van der Waals surface area contributed by atoms with Gasteiger partial charge in [0, 0.05) is 34.3 Å². The highest BCUT2D eigenvalue weighted by Gasteiger charge is 2.34. The van der Waals surface area contributed by atoms with Gasteiger partial charge in [-0.05, 0) is 61.4 Å². The predicted octanol–water partition coefficient (Wildman–Crippen LogP) is 5.39. The minimum atomic E-state index is -0.272. The van der Waals surface area contributed by atoms with Crippen molar-refractivity contribution in [2.75, 3.05) is 5.32 Å².